The van der Waals surface area contributed by atoms with Crippen LogP contribution >= 0.6 is 0 Å². The van der Waals surface area contributed by atoms with Gasteiger partial charge in [0.25, 0.3) is 0 Å². The van der Waals surface area contributed by atoms with Gasteiger partial charge in [0.1, 0.15) is 67.1 Å². The van der Waals surface area contributed by atoms with Crippen molar-refractivity contribution < 1.29 is 88.6 Å². The molecule has 6 unspecified atom stereocenters. The standard InChI is InChI=1S/C43H68O18/c1-18-14-43(15-21-13-24-22(28(18)23(21)12-19(43)2)8-7-10-42(24,4)41(53)58-27-9-5-6-11-54-27)61-40-37(60-38-34(51)32(49)29(46)20(3)55-38)36(31(48)26(17-45)57-40)59-39-35(52)33(50)30(47)25(16-44)56-39/h18,20-40,44-52H,2,5-17H2,1,3-4H3/t18-,20+,21?,22?,23?,24?,25+,26+,27?,28?,29+,30+,31+,32-,33-,34-,35+,36-,37+,38+,39-,40-,42+,43-/m0/s1. The molecule has 24 atom stereocenters. The molecule has 0 aromatic rings. The zero-order valence-electron chi connectivity index (χ0n) is 35.3. The summed E-state index contributed by atoms with van der Waals surface area (Å²) in [6.45, 7) is 9.41. The first-order valence-corrected chi connectivity index (χ1v) is 22.5. The summed E-state index contributed by atoms with van der Waals surface area (Å²) in [4.78, 5) is 14.2. The van der Waals surface area contributed by atoms with Gasteiger partial charge >= 0.3 is 5.97 Å². The first-order valence-electron chi connectivity index (χ1n) is 22.5. The fourth-order valence-corrected chi connectivity index (χ4v) is 12.7. The molecule has 18 nitrogen and oxygen atoms in total. The molecular formula is C43H68O18. The Hall–Kier alpha value is -1.43. The predicted octanol–water partition coefficient (Wildman–Crippen LogP) is -0.648. The van der Waals surface area contributed by atoms with Crippen LogP contribution in [0.5, 0.6) is 0 Å². The lowest BCUT2D eigenvalue weighted by molar-refractivity contribution is -0.398. The zero-order chi connectivity index (χ0) is 43.7. The van der Waals surface area contributed by atoms with Crippen LogP contribution in [0.2, 0.25) is 0 Å². The van der Waals surface area contributed by atoms with Gasteiger partial charge in [0.15, 0.2) is 18.9 Å². The Labute approximate surface area is 356 Å². The molecule has 4 bridgehead atoms. The lowest BCUT2D eigenvalue weighted by atomic mass is 9.48. The molecule has 4 heterocycles. The van der Waals surface area contributed by atoms with E-state index < -0.39 is 123 Å². The molecule has 61 heavy (non-hydrogen) atoms. The Bertz CT molecular complexity index is 1550. The van der Waals surface area contributed by atoms with Crippen LogP contribution in [0.15, 0.2) is 12.2 Å². The van der Waals surface area contributed by atoms with Gasteiger partial charge in [-0.2, -0.15) is 0 Å². The van der Waals surface area contributed by atoms with Gasteiger partial charge in [-0.05, 0) is 106 Å². The Balaban J connectivity index is 1.11. The second-order valence-corrected chi connectivity index (χ2v) is 19.6. The smallest absolute Gasteiger partial charge is 0.314 e. The Morgan fingerprint density at radius 3 is 2.10 bits per heavy atom. The number of rotatable bonds is 10. The number of hydrogen-bond donors (Lipinski definition) is 9. The molecule has 0 aromatic heterocycles. The second kappa shape index (κ2) is 18.1. The molecule has 348 valence electrons. The third-order valence-corrected chi connectivity index (χ3v) is 16.0. The van der Waals surface area contributed by atoms with E-state index in [0.29, 0.717) is 32.3 Å². The average Bonchev–Trinajstić information content (AvgIpc) is 3.39. The molecule has 4 aliphatic heterocycles. The molecule has 5 saturated carbocycles. The monoisotopic (exact) mass is 872 g/mol. The van der Waals surface area contributed by atoms with Crippen LogP contribution < -0.4 is 0 Å². The van der Waals surface area contributed by atoms with Crippen molar-refractivity contribution in [3.05, 3.63) is 12.2 Å². The predicted molar refractivity (Wildman–Crippen MR) is 207 cm³/mol. The second-order valence-electron chi connectivity index (χ2n) is 19.6. The summed E-state index contributed by atoms with van der Waals surface area (Å²) in [5.41, 5.74) is -0.918. The fraction of sp³-hybridized carbons (Fsp3) is 0.930. The van der Waals surface area contributed by atoms with Crippen molar-refractivity contribution in [1.82, 2.24) is 0 Å². The summed E-state index contributed by atoms with van der Waals surface area (Å²) in [5, 5.41) is 96.6. The highest BCUT2D eigenvalue weighted by atomic mass is 16.8. The van der Waals surface area contributed by atoms with Crippen molar-refractivity contribution in [1.29, 1.82) is 0 Å². The molecule has 0 amide bonds. The molecule has 18 heteroatoms. The van der Waals surface area contributed by atoms with Crippen molar-refractivity contribution in [2.24, 2.45) is 40.9 Å². The third kappa shape index (κ3) is 8.27. The van der Waals surface area contributed by atoms with Crippen molar-refractivity contribution in [3.8, 4) is 0 Å². The SMILES string of the molecule is C=C1CC2C3CC4C(CCC[C@@]4(C)C(=O)OC4CCCCO4)C2[C@@H](C)C[C@]1(O[C@@H]1O[C@H](CO)[C@@H](O)[C@H](O[C@@H]2O[C@H](CO)[C@@H](O)[C@H](O)[C@H]2O)[C@H]1O[C@H]1O[C@H](C)[C@@H](O)[C@H](O)[C@@H]1O)C3. The molecule has 0 aromatic carbocycles. The summed E-state index contributed by atoms with van der Waals surface area (Å²) < 4.78 is 49.4. The molecule has 0 radical (unpaired) electrons. The highest BCUT2D eigenvalue weighted by molar-refractivity contribution is 5.77. The minimum absolute atomic E-state index is 0.0640. The van der Waals surface area contributed by atoms with E-state index in [4.69, 9.17) is 37.9 Å². The van der Waals surface area contributed by atoms with Gasteiger partial charge < -0.3 is 83.9 Å². The van der Waals surface area contributed by atoms with E-state index in [1.165, 1.54) is 6.92 Å². The first-order chi connectivity index (χ1) is 29.0. The van der Waals surface area contributed by atoms with Gasteiger partial charge in [0.2, 0.25) is 6.29 Å². The number of hydrogen-bond acceptors (Lipinski definition) is 18. The average molecular weight is 873 g/mol. The Morgan fingerprint density at radius 2 is 1.41 bits per heavy atom. The van der Waals surface area contributed by atoms with E-state index >= 15 is 0 Å². The Morgan fingerprint density at radius 1 is 0.754 bits per heavy atom. The lowest BCUT2D eigenvalue weighted by Crippen LogP contribution is -2.67. The van der Waals surface area contributed by atoms with Crippen LogP contribution in [-0.2, 0) is 42.7 Å². The molecular weight excluding hydrogens is 804 g/mol. The summed E-state index contributed by atoms with van der Waals surface area (Å²) in [7, 11) is 0. The summed E-state index contributed by atoms with van der Waals surface area (Å²) in [6, 6.07) is 0. The van der Waals surface area contributed by atoms with E-state index in [1.54, 1.807) is 0 Å². The van der Waals surface area contributed by atoms with Crippen LogP contribution in [-0.4, -0.2) is 176 Å². The number of carbonyl (C=O) groups is 1. The molecule has 9 rings (SSSR count). The molecule has 9 N–H and O–H groups in total. The van der Waals surface area contributed by atoms with Crippen LogP contribution in [0.4, 0.5) is 0 Å². The highest BCUT2D eigenvalue weighted by Crippen LogP contribution is 2.66. The van der Waals surface area contributed by atoms with E-state index in [-0.39, 0.29) is 41.5 Å². The number of fused-ring (bicyclic) bond motifs is 3. The van der Waals surface area contributed by atoms with E-state index in [2.05, 4.69) is 20.4 Å². The lowest BCUT2D eigenvalue weighted by Gasteiger charge is -2.57. The minimum Gasteiger partial charge on any atom is -0.435 e. The number of esters is 1. The van der Waals surface area contributed by atoms with Gasteiger partial charge in [-0.15, -0.1) is 0 Å². The van der Waals surface area contributed by atoms with E-state index in [0.717, 1.165) is 44.1 Å². The Kier molecular flexibility index (Phi) is 13.7. The van der Waals surface area contributed by atoms with Crippen LogP contribution in [0.1, 0.15) is 85.0 Å². The zero-order valence-corrected chi connectivity index (χ0v) is 35.3. The van der Waals surface area contributed by atoms with Gasteiger partial charge in [-0.3, -0.25) is 4.79 Å². The summed E-state index contributed by atoms with van der Waals surface area (Å²) in [6.07, 6.45) is -16.8. The molecule has 0 spiro atoms. The van der Waals surface area contributed by atoms with Crippen LogP contribution in [0.3, 0.4) is 0 Å². The number of carbonyl (C=O) groups excluding carboxylic acids is 1. The third-order valence-electron chi connectivity index (χ3n) is 16.0. The van der Waals surface area contributed by atoms with Crippen molar-refractivity contribution in [2.75, 3.05) is 19.8 Å². The molecule has 9 fully saturated rings. The van der Waals surface area contributed by atoms with Crippen LogP contribution in [0.25, 0.3) is 0 Å². The highest BCUT2D eigenvalue weighted by Gasteiger charge is 2.64. The van der Waals surface area contributed by atoms with Crippen molar-refractivity contribution >= 4 is 5.97 Å². The maximum absolute atomic E-state index is 14.2. The van der Waals surface area contributed by atoms with E-state index in [9.17, 15) is 50.8 Å². The normalized spacial score (nSPS) is 53.8. The quantitative estimate of drug-likeness (QED) is 0.0750. The maximum atomic E-state index is 14.2. The number of aliphatic hydroxyl groups excluding tert-OH is 9. The first kappa shape index (κ1) is 46.1. The summed E-state index contributed by atoms with van der Waals surface area (Å²) >= 11 is 0. The van der Waals surface area contributed by atoms with Gasteiger partial charge in [-0.1, -0.05) is 19.9 Å². The van der Waals surface area contributed by atoms with Gasteiger partial charge in [-0.25, -0.2) is 0 Å². The van der Waals surface area contributed by atoms with Crippen molar-refractivity contribution in [3.63, 3.8) is 0 Å². The van der Waals surface area contributed by atoms with Gasteiger partial charge in [0.05, 0.1) is 36.9 Å². The fourth-order valence-electron chi connectivity index (χ4n) is 12.7. The number of aliphatic hydroxyl groups is 9. The molecule has 5 aliphatic carbocycles. The van der Waals surface area contributed by atoms with Crippen molar-refractivity contribution in [2.45, 2.75) is 189 Å². The minimum atomic E-state index is -1.88. The number of ether oxygens (including phenoxy) is 8. The van der Waals surface area contributed by atoms with E-state index in [1.807, 2.05) is 0 Å². The molecule has 9 aliphatic rings. The van der Waals surface area contributed by atoms with Gasteiger partial charge in [0, 0.05) is 6.42 Å². The molecule has 4 saturated heterocycles. The largest absolute Gasteiger partial charge is 0.435 e. The topological polar surface area (TPSA) is 273 Å². The van der Waals surface area contributed by atoms with Crippen LogP contribution in [0, 0.1) is 40.9 Å². The maximum Gasteiger partial charge on any atom is 0.314 e. The summed E-state index contributed by atoms with van der Waals surface area (Å²) in [5.74, 6) is 0.868.